The fraction of sp³-hybridized carbons (Fsp3) is 1.00. The zero-order chi connectivity index (χ0) is 12.8. The lowest BCUT2D eigenvalue weighted by Crippen LogP contribution is -2.23. The highest BCUT2D eigenvalue weighted by Crippen LogP contribution is 2.11. The van der Waals surface area contributed by atoms with Crippen LogP contribution in [0.3, 0.4) is 0 Å². The van der Waals surface area contributed by atoms with Crippen molar-refractivity contribution >= 4 is 0 Å². The van der Waals surface area contributed by atoms with Gasteiger partial charge in [0, 0.05) is 6.04 Å². The summed E-state index contributed by atoms with van der Waals surface area (Å²) in [6, 6.07) is -0.00227. The van der Waals surface area contributed by atoms with Crippen LogP contribution in [0.4, 0.5) is 0 Å². The Morgan fingerprint density at radius 2 is 1.12 bits per heavy atom. The fourth-order valence-electron chi connectivity index (χ4n) is 2.06. The standard InChI is InChI=1S/C14H32N2O/c15-12-10-8-6-4-2-1-3-5-7-9-11-14(16)13-17/h14,17H,1-13,15-16H2. The van der Waals surface area contributed by atoms with Gasteiger partial charge >= 0.3 is 0 Å². The molecular weight excluding hydrogens is 212 g/mol. The second-order valence-electron chi connectivity index (χ2n) is 5.06. The van der Waals surface area contributed by atoms with Gasteiger partial charge < -0.3 is 16.6 Å². The van der Waals surface area contributed by atoms with Gasteiger partial charge in [-0.3, -0.25) is 0 Å². The average molecular weight is 244 g/mol. The first-order valence-corrected chi connectivity index (χ1v) is 7.37. The molecule has 0 aromatic rings. The third-order valence-corrected chi connectivity index (χ3v) is 3.26. The van der Waals surface area contributed by atoms with Crippen molar-refractivity contribution in [1.82, 2.24) is 0 Å². The zero-order valence-corrected chi connectivity index (χ0v) is 11.4. The van der Waals surface area contributed by atoms with Gasteiger partial charge in [0.05, 0.1) is 6.61 Å². The first-order valence-electron chi connectivity index (χ1n) is 7.37. The molecule has 1 unspecified atom stereocenters. The van der Waals surface area contributed by atoms with Crippen LogP contribution in [0.25, 0.3) is 0 Å². The minimum Gasteiger partial charge on any atom is -0.395 e. The van der Waals surface area contributed by atoms with Crippen molar-refractivity contribution in [3.05, 3.63) is 0 Å². The molecule has 0 radical (unpaired) electrons. The van der Waals surface area contributed by atoms with Crippen LogP contribution in [0.5, 0.6) is 0 Å². The summed E-state index contributed by atoms with van der Waals surface area (Å²) in [5.74, 6) is 0. The van der Waals surface area contributed by atoms with E-state index in [1.807, 2.05) is 0 Å². The number of hydrogen-bond donors (Lipinski definition) is 3. The summed E-state index contributed by atoms with van der Waals surface area (Å²) >= 11 is 0. The number of rotatable bonds is 13. The molecule has 0 bridgehead atoms. The Hall–Kier alpha value is -0.120. The van der Waals surface area contributed by atoms with E-state index >= 15 is 0 Å². The molecular formula is C14H32N2O. The highest BCUT2D eigenvalue weighted by Gasteiger charge is 1.99. The van der Waals surface area contributed by atoms with Gasteiger partial charge in [0.15, 0.2) is 0 Å². The smallest absolute Gasteiger partial charge is 0.0582 e. The normalized spacial score (nSPS) is 12.9. The van der Waals surface area contributed by atoms with E-state index in [9.17, 15) is 0 Å². The summed E-state index contributed by atoms with van der Waals surface area (Å²) in [6.45, 7) is 0.971. The first kappa shape index (κ1) is 16.9. The Bertz CT molecular complexity index is 142. The molecule has 17 heavy (non-hydrogen) atoms. The molecule has 0 aromatic carbocycles. The molecule has 0 saturated heterocycles. The van der Waals surface area contributed by atoms with E-state index < -0.39 is 0 Å². The van der Waals surface area contributed by atoms with Crippen molar-refractivity contribution in [3.63, 3.8) is 0 Å². The van der Waals surface area contributed by atoms with Gasteiger partial charge in [-0.25, -0.2) is 0 Å². The van der Waals surface area contributed by atoms with E-state index in [0.29, 0.717) is 0 Å². The summed E-state index contributed by atoms with van der Waals surface area (Å²) in [4.78, 5) is 0. The van der Waals surface area contributed by atoms with Crippen molar-refractivity contribution in [2.45, 2.75) is 76.7 Å². The van der Waals surface area contributed by atoms with Crippen LogP contribution in [0.1, 0.15) is 70.6 Å². The lowest BCUT2D eigenvalue weighted by Gasteiger charge is -2.07. The monoisotopic (exact) mass is 244 g/mol. The van der Waals surface area contributed by atoms with E-state index in [1.54, 1.807) is 0 Å². The lowest BCUT2D eigenvalue weighted by molar-refractivity contribution is 0.257. The largest absolute Gasteiger partial charge is 0.395 e. The lowest BCUT2D eigenvalue weighted by atomic mass is 10.0. The van der Waals surface area contributed by atoms with Crippen LogP contribution in [-0.4, -0.2) is 24.3 Å². The maximum atomic E-state index is 8.76. The summed E-state index contributed by atoms with van der Waals surface area (Å²) in [7, 11) is 0. The molecule has 0 spiro atoms. The molecule has 0 rings (SSSR count). The molecule has 0 fully saturated rings. The highest BCUT2D eigenvalue weighted by atomic mass is 16.3. The highest BCUT2D eigenvalue weighted by molar-refractivity contribution is 4.58. The molecule has 0 saturated carbocycles. The molecule has 0 aliphatic carbocycles. The Balaban J connectivity index is 2.94. The van der Waals surface area contributed by atoms with Gasteiger partial charge in [-0.15, -0.1) is 0 Å². The molecule has 0 aromatic heterocycles. The van der Waals surface area contributed by atoms with E-state index in [0.717, 1.165) is 19.4 Å². The van der Waals surface area contributed by atoms with Gasteiger partial charge in [0.2, 0.25) is 0 Å². The topological polar surface area (TPSA) is 72.3 Å². The van der Waals surface area contributed by atoms with Gasteiger partial charge in [-0.05, 0) is 19.4 Å². The summed E-state index contributed by atoms with van der Waals surface area (Å²) in [5, 5.41) is 8.76. The van der Waals surface area contributed by atoms with Gasteiger partial charge in [0.25, 0.3) is 0 Å². The molecule has 1 atom stereocenters. The van der Waals surface area contributed by atoms with Crippen molar-refractivity contribution in [2.24, 2.45) is 11.5 Å². The van der Waals surface area contributed by atoms with Crippen LogP contribution in [0.15, 0.2) is 0 Å². The fourth-order valence-corrected chi connectivity index (χ4v) is 2.06. The number of unbranched alkanes of at least 4 members (excludes halogenated alkanes) is 9. The van der Waals surface area contributed by atoms with E-state index in [-0.39, 0.29) is 12.6 Å². The van der Waals surface area contributed by atoms with Gasteiger partial charge in [-0.1, -0.05) is 57.8 Å². The van der Waals surface area contributed by atoms with Crippen molar-refractivity contribution in [2.75, 3.05) is 13.2 Å². The van der Waals surface area contributed by atoms with Crippen LogP contribution in [0.2, 0.25) is 0 Å². The SMILES string of the molecule is NCCCCCCCCCCCCC(N)CO. The molecule has 3 nitrogen and oxygen atoms in total. The molecule has 0 heterocycles. The maximum absolute atomic E-state index is 8.76. The predicted molar refractivity (Wildman–Crippen MR) is 74.9 cm³/mol. The van der Waals surface area contributed by atoms with Crippen molar-refractivity contribution in [3.8, 4) is 0 Å². The van der Waals surface area contributed by atoms with Gasteiger partial charge in [0.1, 0.15) is 0 Å². The zero-order valence-electron chi connectivity index (χ0n) is 11.4. The summed E-state index contributed by atoms with van der Waals surface area (Å²) in [6.07, 6.45) is 14.0. The Morgan fingerprint density at radius 1 is 0.706 bits per heavy atom. The molecule has 0 aliphatic rings. The number of aliphatic hydroxyl groups excluding tert-OH is 1. The Kier molecular flexibility index (Phi) is 13.8. The number of hydrogen-bond acceptors (Lipinski definition) is 3. The van der Waals surface area contributed by atoms with Gasteiger partial charge in [-0.2, -0.15) is 0 Å². The predicted octanol–water partition coefficient (Wildman–Crippen LogP) is 2.56. The van der Waals surface area contributed by atoms with Crippen molar-refractivity contribution in [1.29, 1.82) is 0 Å². The Morgan fingerprint density at radius 3 is 1.53 bits per heavy atom. The summed E-state index contributed by atoms with van der Waals surface area (Å²) < 4.78 is 0. The number of aliphatic hydroxyl groups is 1. The third kappa shape index (κ3) is 13.8. The second-order valence-corrected chi connectivity index (χ2v) is 5.06. The Labute approximate surface area is 107 Å². The van der Waals surface area contributed by atoms with E-state index in [1.165, 1.54) is 57.8 Å². The molecule has 0 amide bonds. The van der Waals surface area contributed by atoms with Crippen LogP contribution < -0.4 is 11.5 Å². The second kappa shape index (κ2) is 13.9. The summed E-state index contributed by atoms with van der Waals surface area (Å²) in [5.41, 5.74) is 11.1. The van der Waals surface area contributed by atoms with E-state index in [4.69, 9.17) is 16.6 Å². The number of nitrogens with two attached hydrogens (primary N) is 2. The van der Waals surface area contributed by atoms with Crippen LogP contribution >= 0.6 is 0 Å². The van der Waals surface area contributed by atoms with E-state index in [2.05, 4.69) is 0 Å². The maximum Gasteiger partial charge on any atom is 0.0582 e. The first-order chi connectivity index (χ1) is 8.31. The third-order valence-electron chi connectivity index (χ3n) is 3.26. The average Bonchev–Trinajstić information content (AvgIpc) is 2.35. The van der Waals surface area contributed by atoms with Crippen LogP contribution in [0, 0.1) is 0 Å². The quantitative estimate of drug-likeness (QED) is 0.436. The molecule has 0 aliphatic heterocycles. The molecule has 104 valence electrons. The minimum absolute atomic E-state index is 0.00227. The van der Waals surface area contributed by atoms with Crippen LogP contribution in [-0.2, 0) is 0 Å². The molecule has 5 N–H and O–H groups in total. The molecule has 3 heteroatoms. The minimum atomic E-state index is -0.00227. The van der Waals surface area contributed by atoms with Crippen molar-refractivity contribution < 1.29 is 5.11 Å².